The summed E-state index contributed by atoms with van der Waals surface area (Å²) in [4.78, 5) is 0. The van der Waals surface area contributed by atoms with E-state index in [1.165, 1.54) is 0 Å². The van der Waals surface area contributed by atoms with Gasteiger partial charge in [0.2, 0.25) is 0 Å². The van der Waals surface area contributed by atoms with Crippen LogP contribution >= 0.6 is 0 Å². The molecule has 0 bridgehead atoms. The Morgan fingerprint density at radius 1 is 0.378 bits per heavy atom. The van der Waals surface area contributed by atoms with E-state index in [1.807, 2.05) is 12.1 Å². The molecule has 1 heteroatoms. The monoisotopic (exact) mass is 588 g/mol. The smallest absolute Gasteiger partial charge is 0.135 e. The molecule has 0 spiro atoms. The van der Waals surface area contributed by atoms with Crippen molar-refractivity contribution in [2.24, 2.45) is 0 Å². The minimum atomic E-state index is -0.825. The molecule has 1 nitrogen and oxygen atoms in total. The summed E-state index contributed by atoms with van der Waals surface area (Å²) in [6, 6.07) is 9.30. The highest BCUT2D eigenvalue weighted by Crippen LogP contribution is 2.47. The Balaban J connectivity index is 1.64. The van der Waals surface area contributed by atoms with Gasteiger partial charge in [0.25, 0.3) is 0 Å². The number of hydrogen-bond donors (Lipinski definition) is 0. The van der Waals surface area contributed by atoms with Gasteiger partial charge in [0.15, 0.2) is 0 Å². The Labute approximate surface area is 284 Å². The maximum absolute atomic E-state index is 9.99. The van der Waals surface area contributed by atoms with Crippen LogP contribution in [0.5, 0.6) is 0 Å². The minimum Gasteiger partial charge on any atom is -0.456 e. The third-order valence-electron chi connectivity index (χ3n) is 7.92. The topological polar surface area (TPSA) is 13.1 Å². The van der Waals surface area contributed by atoms with Crippen molar-refractivity contribution < 1.29 is 26.3 Å². The molecule has 0 unspecified atom stereocenters. The van der Waals surface area contributed by atoms with Crippen LogP contribution in [0.4, 0.5) is 0 Å². The van der Waals surface area contributed by atoms with E-state index in [-0.39, 0.29) is 38.2 Å². The highest BCUT2D eigenvalue weighted by molar-refractivity contribution is 6.23. The van der Waals surface area contributed by atoms with E-state index in [1.54, 1.807) is 60.7 Å². The lowest BCUT2D eigenvalue weighted by Gasteiger charge is -2.20. The molecule has 45 heavy (non-hydrogen) atoms. The van der Waals surface area contributed by atoms with Crippen LogP contribution in [0, 0.1) is 0 Å². The first-order chi connectivity index (χ1) is 29.0. The summed E-state index contributed by atoms with van der Waals surface area (Å²) < 4.78 is 152. The standard InChI is InChI=1S/C44H28O/c1-3-13-29(14-4-1)31-23-25-38-40(27-31)44(35-19-8-7-17-33(35)30-15-5-2-6-16-30)37-21-10-9-20-36(37)43(38)32-24-26-42-39(28-32)34-18-11-12-22-41(34)45-42/h1-28H/i2D,5D,6D,7D,8D,9D,10D,15D,16D,17D,19D,20D,21D,23D,25D,27D. The highest BCUT2D eigenvalue weighted by Gasteiger charge is 2.20. The number of furan rings is 1. The van der Waals surface area contributed by atoms with Gasteiger partial charge in [-0.15, -0.1) is 0 Å². The Morgan fingerprint density at radius 2 is 1.04 bits per heavy atom. The van der Waals surface area contributed by atoms with Crippen LogP contribution in [0.15, 0.2) is 174 Å². The van der Waals surface area contributed by atoms with Crippen molar-refractivity contribution in [3.8, 4) is 44.5 Å². The summed E-state index contributed by atoms with van der Waals surface area (Å²) >= 11 is 0. The van der Waals surface area contributed by atoms with Gasteiger partial charge in [0.1, 0.15) is 11.2 Å². The van der Waals surface area contributed by atoms with Crippen molar-refractivity contribution >= 4 is 43.5 Å². The Hall–Kier alpha value is -5.92. The fourth-order valence-electron chi connectivity index (χ4n) is 5.95. The fraction of sp³-hybridized carbons (Fsp3) is 0. The van der Waals surface area contributed by atoms with Crippen molar-refractivity contribution in [1.29, 1.82) is 0 Å². The molecule has 210 valence electrons. The quantitative estimate of drug-likeness (QED) is 0.186. The molecule has 0 saturated carbocycles. The second-order valence-electron chi connectivity index (χ2n) is 10.4. The van der Waals surface area contributed by atoms with Gasteiger partial charge in [0, 0.05) is 10.8 Å². The number of rotatable bonds is 4. The molecule has 0 aliphatic carbocycles. The molecule has 0 N–H and O–H groups in total. The molecule has 0 atom stereocenters. The molecule has 0 aliphatic heterocycles. The summed E-state index contributed by atoms with van der Waals surface area (Å²) in [6.07, 6.45) is 0. The Bertz CT molecular complexity index is 3400. The summed E-state index contributed by atoms with van der Waals surface area (Å²) in [5.74, 6) is 0. The maximum atomic E-state index is 9.99. The highest BCUT2D eigenvalue weighted by atomic mass is 16.3. The van der Waals surface area contributed by atoms with Gasteiger partial charge in [-0.3, -0.25) is 0 Å². The molecule has 1 heterocycles. The first-order valence-corrected chi connectivity index (χ1v) is 14.1. The summed E-state index contributed by atoms with van der Waals surface area (Å²) in [5, 5.41) is 0.408. The van der Waals surface area contributed by atoms with Crippen LogP contribution in [0.3, 0.4) is 0 Å². The first kappa shape index (κ1) is 14.2. The van der Waals surface area contributed by atoms with Crippen molar-refractivity contribution in [3.05, 3.63) is 169 Å². The number of hydrogen-bond acceptors (Lipinski definition) is 1. The van der Waals surface area contributed by atoms with E-state index >= 15 is 0 Å². The molecule has 0 radical (unpaired) electrons. The molecular formula is C44H28O. The molecule has 9 aromatic rings. The molecule has 8 aromatic carbocycles. The predicted molar refractivity (Wildman–Crippen MR) is 190 cm³/mol. The van der Waals surface area contributed by atoms with Crippen LogP contribution in [-0.2, 0) is 0 Å². The van der Waals surface area contributed by atoms with Crippen LogP contribution in [-0.4, -0.2) is 0 Å². The molecule has 1 aromatic heterocycles. The first-order valence-electron chi connectivity index (χ1n) is 22.1. The SMILES string of the molecule is [2H]c1c([2H])c([2H])c(-c2c([2H])c([2H])c([2H])c([2H])c2-c2c3c([2H])c([2H])c([2H])c([2H])c3c(-c3ccc4oc5ccccc5c4c3)c3c([2H])c([2H])c(-c4ccccc4)c([2H])c23)c([2H])c1[2H]. The molecule has 0 fully saturated rings. The normalized spacial score (nSPS) is 16.5. The number of benzene rings is 8. The van der Waals surface area contributed by atoms with Crippen molar-refractivity contribution in [1.82, 2.24) is 0 Å². The van der Waals surface area contributed by atoms with E-state index in [9.17, 15) is 9.60 Å². The van der Waals surface area contributed by atoms with E-state index in [2.05, 4.69) is 0 Å². The zero-order valence-electron chi connectivity index (χ0n) is 39.3. The van der Waals surface area contributed by atoms with Gasteiger partial charge in [-0.2, -0.15) is 0 Å². The average Bonchev–Trinajstić information content (AvgIpc) is 3.64. The molecule has 0 saturated heterocycles. The van der Waals surface area contributed by atoms with Gasteiger partial charge >= 0.3 is 0 Å². The summed E-state index contributed by atoms with van der Waals surface area (Å²) in [5.41, 5.74) is -0.438. The molecule has 0 aliphatic rings. The number of para-hydroxylation sites is 1. The second-order valence-corrected chi connectivity index (χ2v) is 10.4. The minimum absolute atomic E-state index is 0.0322. The lowest BCUT2D eigenvalue weighted by Crippen LogP contribution is -1.93. The van der Waals surface area contributed by atoms with E-state index in [4.69, 9.17) is 16.8 Å². The lowest BCUT2D eigenvalue weighted by atomic mass is 9.83. The van der Waals surface area contributed by atoms with E-state index in [0.29, 0.717) is 27.7 Å². The Morgan fingerprint density at radius 3 is 1.89 bits per heavy atom. The average molecular weight is 589 g/mol. The maximum Gasteiger partial charge on any atom is 0.135 e. The van der Waals surface area contributed by atoms with E-state index in [0.717, 1.165) is 5.39 Å². The molecule has 9 rings (SSSR count). The number of fused-ring (bicyclic) bond motifs is 5. The van der Waals surface area contributed by atoms with Crippen molar-refractivity contribution in [2.45, 2.75) is 0 Å². The summed E-state index contributed by atoms with van der Waals surface area (Å²) in [7, 11) is 0. The van der Waals surface area contributed by atoms with Gasteiger partial charge in [0.05, 0.1) is 21.9 Å². The summed E-state index contributed by atoms with van der Waals surface area (Å²) in [6.45, 7) is 0. The molecular weight excluding hydrogens is 544 g/mol. The van der Waals surface area contributed by atoms with Crippen LogP contribution < -0.4 is 0 Å². The zero-order valence-corrected chi connectivity index (χ0v) is 23.3. The van der Waals surface area contributed by atoms with Gasteiger partial charge in [-0.25, -0.2) is 0 Å². The zero-order chi connectivity index (χ0) is 43.7. The second kappa shape index (κ2) is 10.4. The van der Waals surface area contributed by atoms with Crippen LogP contribution in [0.2, 0.25) is 0 Å². The fourth-order valence-corrected chi connectivity index (χ4v) is 5.95. The van der Waals surface area contributed by atoms with Crippen molar-refractivity contribution in [3.63, 3.8) is 0 Å². The third-order valence-corrected chi connectivity index (χ3v) is 7.92. The van der Waals surface area contributed by atoms with Gasteiger partial charge in [-0.1, -0.05) is 145 Å². The lowest BCUT2D eigenvalue weighted by molar-refractivity contribution is 0.669. The van der Waals surface area contributed by atoms with Crippen LogP contribution in [0.1, 0.15) is 21.9 Å². The van der Waals surface area contributed by atoms with E-state index < -0.39 is 113 Å². The van der Waals surface area contributed by atoms with Gasteiger partial charge < -0.3 is 4.42 Å². The Kier molecular flexibility index (Phi) is 3.28. The molecule has 0 amide bonds. The van der Waals surface area contributed by atoms with Gasteiger partial charge in [-0.05, 0) is 90.3 Å². The largest absolute Gasteiger partial charge is 0.456 e. The predicted octanol–water partition coefficient (Wildman–Crippen LogP) is 12.6. The third kappa shape index (κ3) is 4.17. The van der Waals surface area contributed by atoms with Crippen LogP contribution in [0.25, 0.3) is 88.0 Å². The van der Waals surface area contributed by atoms with Crippen molar-refractivity contribution in [2.75, 3.05) is 0 Å².